The zero-order valence-electron chi connectivity index (χ0n) is 42.2. The van der Waals surface area contributed by atoms with Gasteiger partial charge in [0.25, 0.3) is 0 Å². The number of nitrogens with one attached hydrogen (secondary N) is 1. The van der Waals surface area contributed by atoms with Gasteiger partial charge in [0.2, 0.25) is 5.91 Å². The number of rotatable bonds is 54. The predicted molar refractivity (Wildman–Crippen MR) is 272 cm³/mol. The third kappa shape index (κ3) is 50.3. The minimum Gasteiger partial charge on any atom is -0.394 e. The van der Waals surface area contributed by atoms with Crippen LogP contribution in [0, 0.1) is 0 Å². The monoisotopic (exact) mass is 862 g/mol. The minimum absolute atomic E-state index is 0.0219. The first-order valence-corrected chi connectivity index (χ1v) is 28.7. The minimum atomic E-state index is -0.654. The van der Waals surface area contributed by atoms with Gasteiger partial charge >= 0.3 is 0 Å². The van der Waals surface area contributed by atoms with E-state index in [4.69, 9.17) is 0 Å². The Bertz CT molecular complexity index is 803. The Balaban J connectivity index is 3.37. The molecule has 366 valence electrons. The normalized spacial score (nSPS) is 12.7. The summed E-state index contributed by atoms with van der Waals surface area (Å²) in [5.74, 6) is -0.0219. The van der Waals surface area contributed by atoms with Gasteiger partial charge in [-0.15, -0.1) is 0 Å². The standard InChI is InChI=1S/C57H115NO3/c1-3-5-7-9-11-13-15-17-19-21-23-24-25-26-27-28-29-30-31-32-33-34-35-37-39-41-43-45-47-49-51-53-57(61)58-55(54-59)56(60)52-50-48-46-44-42-40-38-36-22-20-18-16-14-12-10-8-6-4-2/h55-56,59-60H,3-54H2,1-2H3,(H,58,61). The van der Waals surface area contributed by atoms with Gasteiger partial charge in [-0.05, 0) is 12.8 Å². The second-order valence-corrected chi connectivity index (χ2v) is 20.1. The van der Waals surface area contributed by atoms with Crippen LogP contribution >= 0.6 is 0 Å². The zero-order chi connectivity index (χ0) is 44.2. The number of carbonyl (C=O) groups is 1. The second-order valence-electron chi connectivity index (χ2n) is 20.1. The van der Waals surface area contributed by atoms with Crippen molar-refractivity contribution < 1.29 is 15.0 Å². The molecule has 4 nitrogen and oxygen atoms in total. The smallest absolute Gasteiger partial charge is 0.220 e. The van der Waals surface area contributed by atoms with Crippen molar-refractivity contribution in [1.29, 1.82) is 0 Å². The summed E-state index contributed by atoms with van der Waals surface area (Å²) >= 11 is 0. The van der Waals surface area contributed by atoms with Gasteiger partial charge in [0.05, 0.1) is 18.8 Å². The molecule has 0 bridgehead atoms. The van der Waals surface area contributed by atoms with Crippen molar-refractivity contribution in [3.8, 4) is 0 Å². The third-order valence-corrected chi connectivity index (χ3v) is 13.9. The summed E-state index contributed by atoms with van der Waals surface area (Å²) in [5, 5.41) is 23.3. The Morgan fingerprint density at radius 2 is 0.525 bits per heavy atom. The molecule has 0 aromatic rings. The molecule has 1 amide bonds. The number of hydrogen-bond acceptors (Lipinski definition) is 3. The number of aliphatic hydroxyl groups is 2. The van der Waals surface area contributed by atoms with Crippen molar-refractivity contribution in [2.75, 3.05) is 6.61 Å². The van der Waals surface area contributed by atoms with Gasteiger partial charge in [-0.2, -0.15) is 0 Å². The number of carbonyl (C=O) groups excluding carboxylic acids is 1. The summed E-state index contributed by atoms with van der Waals surface area (Å²) < 4.78 is 0. The number of amides is 1. The molecule has 0 aromatic heterocycles. The molecule has 3 N–H and O–H groups in total. The number of hydrogen-bond donors (Lipinski definition) is 3. The maximum atomic E-state index is 12.5. The van der Waals surface area contributed by atoms with E-state index in [1.54, 1.807) is 0 Å². The molecule has 0 aromatic carbocycles. The molecule has 0 heterocycles. The van der Waals surface area contributed by atoms with E-state index in [0.717, 1.165) is 25.7 Å². The van der Waals surface area contributed by atoms with Crippen LogP contribution in [0.1, 0.15) is 341 Å². The van der Waals surface area contributed by atoms with Gasteiger partial charge in [0, 0.05) is 6.42 Å². The van der Waals surface area contributed by atoms with E-state index in [1.807, 2.05) is 0 Å². The zero-order valence-corrected chi connectivity index (χ0v) is 42.2. The molecule has 2 unspecified atom stereocenters. The summed E-state index contributed by atoms with van der Waals surface area (Å²) in [7, 11) is 0. The summed E-state index contributed by atoms with van der Waals surface area (Å²) in [5.41, 5.74) is 0. The van der Waals surface area contributed by atoms with E-state index in [2.05, 4.69) is 19.2 Å². The molecule has 2 atom stereocenters. The van der Waals surface area contributed by atoms with E-state index in [9.17, 15) is 15.0 Å². The predicted octanol–water partition coefficient (Wildman–Crippen LogP) is 18.8. The number of unbranched alkanes of at least 4 members (excludes halogenated alkanes) is 47. The molecule has 0 aliphatic heterocycles. The van der Waals surface area contributed by atoms with Gasteiger partial charge in [-0.25, -0.2) is 0 Å². The Labute approximate surface area is 384 Å². The van der Waals surface area contributed by atoms with Crippen LogP contribution in [0.15, 0.2) is 0 Å². The molecular formula is C57H115NO3. The molecule has 0 aliphatic rings. The van der Waals surface area contributed by atoms with Crippen LogP contribution in [0.4, 0.5) is 0 Å². The molecule has 0 radical (unpaired) electrons. The topological polar surface area (TPSA) is 69.6 Å². The van der Waals surface area contributed by atoms with Crippen molar-refractivity contribution >= 4 is 5.91 Å². The lowest BCUT2D eigenvalue weighted by Gasteiger charge is -2.22. The Hall–Kier alpha value is -0.610. The van der Waals surface area contributed by atoms with Crippen molar-refractivity contribution in [2.24, 2.45) is 0 Å². The highest BCUT2D eigenvalue weighted by Crippen LogP contribution is 2.19. The van der Waals surface area contributed by atoms with Crippen LogP contribution in [0.25, 0.3) is 0 Å². The molecule has 0 spiro atoms. The van der Waals surface area contributed by atoms with Gasteiger partial charge in [0.15, 0.2) is 0 Å². The molecule has 0 saturated heterocycles. The molecular weight excluding hydrogens is 747 g/mol. The van der Waals surface area contributed by atoms with Gasteiger partial charge < -0.3 is 15.5 Å². The summed E-state index contributed by atoms with van der Waals surface area (Å²) in [6, 6.07) is -0.531. The summed E-state index contributed by atoms with van der Waals surface area (Å²) in [6.45, 7) is 4.40. The van der Waals surface area contributed by atoms with Gasteiger partial charge in [-0.1, -0.05) is 322 Å². The van der Waals surface area contributed by atoms with Gasteiger partial charge in [-0.3, -0.25) is 4.79 Å². The lowest BCUT2D eigenvalue weighted by Crippen LogP contribution is -2.45. The van der Waals surface area contributed by atoms with Crippen LogP contribution < -0.4 is 5.32 Å². The van der Waals surface area contributed by atoms with Crippen LogP contribution in [-0.2, 0) is 4.79 Å². The van der Waals surface area contributed by atoms with E-state index in [1.165, 1.54) is 289 Å². The Kier molecular flexibility index (Phi) is 53.2. The van der Waals surface area contributed by atoms with Crippen molar-refractivity contribution in [3.05, 3.63) is 0 Å². The van der Waals surface area contributed by atoms with E-state index >= 15 is 0 Å². The van der Waals surface area contributed by atoms with E-state index in [0.29, 0.717) is 12.8 Å². The fraction of sp³-hybridized carbons (Fsp3) is 0.982. The highest BCUT2D eigenvalue weighted by atomic mass is 16.3. The molecule has 0 fully saturated rings. The van der Waals surface area contributed by atoms with E-state index in [-0.39, 0.29) is 12.5 Å². The van der Waals surface area contributed by atoms with Crippen molar-refractivity contribution in [2.45, 2.75) is 353 Å². The first kappa shape index (κ1) is 60.4. The average Bonchev–Trinajstić information content (AvgIpc) is 3.26. The van der Waals surface area contributed by atoms with Crippen LogP contribution in [0.3, 0.4) is 0 Å². The third-order valence-electron chi connectivity index (χ3n) is 13.9. The second kappa shape index (κ2) is 53.7. The van der Waals surface area contributed by atoms with Crippen LogP contribution in [-0.4, -0.2) is 34.9 Å². The van der Waals surface area contributed by atoms with Crippen LogP contribution in [0.5, 0.6) is 0 Å². The first-order chi connectivity index (χ1) is 30.2. The van der Waals surface area contributed by atoms with Crippen molar-refractivity contribution in [1.82, 2.24) is 5.32 Å². The highest BCUT2D eigenvalue weighted by Gasteiger charge is 2.20. The SMILES string of the molecule is CCCCCCCCCCCCCCCCCCCCCCCCCCCCCCCCCC(=O)NC(CO)C(O)CCCCCCCCCCCCCCCCCCCC. The molecule has 4 heteroatoms. The van der Waals surface area contributed by atoms with E-state index < -0.39 is 12.1 Å². The Morgan fingerprint density at radius 3 is 0.738 bits per heavy atom. The lowest BCUT2D eigenvalue weighted by molar-refractivity contribution is -0.123. The lowest BCUT2D eigenvalue weighted by atomic mass is 10.0. The fourth-order valence-electron chi connectivity index (χ4n) is 9.48. The number of aliphatic hydroxyl groups excluding tert-OH is 2. The fourth-order valence-corrected chi connectivity index (χ4v) is 9.48. The summed E-state index contributed by atoms with van der Waals surface area (Å²) in [4.78, 5) is 12.5. The molecule has 61 heavy (non-hydrogen) atoms. The Morgan fingerprint density at radius 1 is 0.328 bits per heavy atom. The quantitative estimate of drug-likeness (QED) is 0.0534. The first-order valence-electron chi connectivity index (χ1n) is 28.7. The molecule has 0 aliphatic carbocycles. The van der Waals surface area contributed by atoms with Crippen molar-refractivity contribution in [3.63, 3.8) is 0 Å². The molecule has 0 saturated carbocycles. The summed E-state index contributed by atoms with van der Waals surface area (Å²) in [6.07, 6.45) is 68.2. The molecule has 0 rings (SSSR count). The van der Waals surface area contributed by atoms with Gasteiger partial charge in [0.1, 0.15) is 0 Å². The maximum Gasteiger partial charge on any atom is 0.220 e. The average molecular weight is 863 g/mol. The highest BCUT2D eigenvalue weighted by molar-refractivity contribution is 5.76. The van der Waals surface area contributed by atoms with Crippen LogP contribution in [0.2, 0.25) is 0 Å². The largest absolute Gasteiger partial charge is 0.394 e. The maximum absolute atomic E-state index is 12.5.